The van der Waals surface area contributed by atoms with Gasteiger partial charge in [-0.15, -0.1) is 22.2 Å². The van der Waals surface area contributed by atoms with Crippen LogP contribution in [0.2, 0.25) is 0 Å². The fourth-order valence-electron chi connectivity index (χ4n) is 2.68. The smallest absolute Gasteiger partial charge is 0.597 e. The van der Waals surface area contributed by atoms with E-state index in [1.165, 1.54) is 19.6 Å². The van der Waals surface area contributed by atoms with Crippen molar-refractivity contribution in [1.82, 2.24) is 0 Å². The molecule has 0 aromatic heterocycles. The summed E-state index contributed by atoms with van der Waals surface area (Å²) in [4.78, 5) is 4.81. The van der Waals surface area contributed by atoms with Crippen LogP contribution in [0.1, 0.15) is 83.1 Å². The van der Waals surface area contributed by atoms with Crippen molar-refractivity contribution in [3.8, 4) is 0 Å². The molecule has 0 saturated carbocycles. The molecule has 0 aliphatic heterocycles. The Hall–Kier alpha value is -0.828. The molecule has 0 atom stereocenters. The third-order valence-corrected chi connectivity index (χ3v) is 9.16. The summed E-state index contributed by atoms with van der Waals surface area (Å²) >= 11 is 6.21. The first-order chi connectivity index (χ1) is 22.3. The van der Waals surface area contributed by atoms with Crippen molar-refractivity contribution in [1.29, 1.82) is 0 Å². The van der Waals surface area contributed by atoms with Gasteiger partial charge in [0.15, 0.2) is 0 Å². The fraction of sp³-hybridized carbons (Fsp3) is 0.400. The molecule has 49 heavy (non-hydrogen) atoms. The van der Waals surface area contributed by atoms with Gasteiger partial charge in [-0.1, -0.05) is 204 Å². The molecule has 0 heterocycles. The van der Waals surface area contributed by atoms with Gasteiger partial charge in [0.05, 0.1) is 0 Å². The predicted molar refractivity (Wildman–Crippen MR) is 222 cm³/mol. The van der Waals surface area contributed by atoms with Gasteiger partial charge in [-0.2, -0.15) is 0 Å². The Morgan fingerprint density at radius 3 is 0.551 bits per heavy atom. The second-order valence-electron chi connectivity index (χ2n) is 14.7. The quantitative estimate of drug-likeness (QED) is 0.165. The van der Waals surface area contributed by atoms with E-state index in [1.807, 2.05) is 72.8 Å². The number of nitrogens with zero attached hydrogens (tertiary/aromatic N) is 4. The molecule has 0 bridgehead atoms. The second-order valence-corrected chi connectivity index (χ2v) is 18.0. The Morgan fingerprint density at radius 1 is 0.286 bits per heavy atom. The Bertz CT molecular complexity index is 1120. The van der Waals surface area contributed by atoms with E-state index in [-0.39, 0.29) is 53.3 Å². The van der Waals surface area contributed by atoms with E-state index >= 15 is 0 Å². The summed E-state index contributed by atoms with van der Waals surface area (Å²) < 4.78 is 17.8. The maximum Gasteiger partial charge on any atom is 4.00 e. The van der Waals surface area contributed by atoms with Gasteiger partial charge in [-0.05, 0) is 19.6 Å². The van der Waals surface area contributed by atoms with Gasteiger partial charge >= 0.3 is 31.1 Å². The van der Waals surface area contributed by atoms with Gasteiger partial charge in [0.1, 0.15) is 0 Å². The number of hydrogen-bond acceptors (Lipinski definition) is 4. The Morgan fingerprint density at radius 2 is 0.429 bits per heavy atom. The molecule has 264 valence electrons. The zero-order valence-corrected chi connectivity index (χ0v) is 38.9. The van der Waals surface area contributed by atoms with Gasteiger partial charge in [0.2, 0.25) is 0 Å². The van der Waals surface area contributed by atoms with E-state index in [4.69, 9.17) is 0 Å². The first kappa shape index (κ1) is 48.2. The molecule has 0 amide bonds. The van der Waals surface area contributed by atoms with E-state index in [9.17, 15) is 0 Å². The summed E-state index contributed by atoms with van der Waals surface area (Å²) in [5.41, 5.74) is 0.169. The van der Waals surface area contributed by atoms with Crippen LogP contribution in [-0.2, 0) is 0 Å². The molecule has 0 saturated heterocycles. The fourth-order valence-corrected chi connectivity index (χ4v) is 5.32. The third kappa shape index (κ3) is 31.6. The van der Waals surface area contributed by atoms with E-state index in [0.717, 1.165) is 0 Å². The molecular weight excluding hydrogens is 903 g/mol. The van der Waals surface area contributed by atoms with Crippen LogP contribution in [0.15, 0.2) is 141 Å². The number of hydrogen-bond donors (Lipinski definition) is 0. The molecule has 9 heteroatoms. The van der Waals surface area contributed by atoms with Crippen LogP contribution >= 0.6 is 47.8 Å². The van der Waals surface area contributed by atoms with Crippen LogP contribution in [0.4, 0.5) is 0 Å². The molecule has 0 radical (unpaired) electrons. The van der Waals surface area contributed by atoms with Crippen LogP contribution in [0, 0.1) is 31.1 Å². The van der Waals surface area contributed by atoms with Crippen molar-refractivity contribution >= 4 is 47.8 Å². The second kappa shape index (κ2) is 25.2. The van der Waals surface area contributed by atoms with Crippen molar-refractivity contribution in [3.05, 3.63) is 140 Å². The molecule has 0 fully saturated rings. The molecular formula is C40H56N4S4U. The predicted octanol–water partition coefficient (Wildman–Crippen LogP) is 15.5. The average Bonchev–Trinajstić information content (AvgIpc) is 3.03. The van der Waals surface area contributed by atoms with Gasteiger partial charge < -0.3 is 18.9 Å². The van der Waals surface area contributed by atoms with Crippen molar-refractivity contribution in [2.24, 2.45) is 0 Å². The normalized spacial score (nSPS) is 11.3. The maximum absolute atomic E-state index is 4.44. The first-order valence-electron chi connectivity index (χ1n) is 16.1. The summed E-state index contributed by atoms with van der Waals surface area (Å²) in [6.45, 7) is 25.2. The summed E-state index contributed by atoms with van der Waals surface area (Å²) in [6, 6.07) is 40.8. The Kier molecular flexibility index (Phi) is 24.8. The molecule has 0 aliphatic rings. The molecule has 0 unspecified atom stereocenters. The molecule has 4 aromatic rings. The van der Waals surface area contributed by atoms with Crippen LogP contribution in [0.25, 0.3) is 18.9 Å². The topological polar surface area (TPSA) is 56.4 Å². The Labute approximate surface area is 341 Å². The monoisotopic (exact) mass is 958 g/mol. The van der Waals surface area contributed by atoms with Crippen LogP contribution in [0.5, 0.6) is 0 Å². The standard InChI is InChI=1S/4C10H14NS.U/c4*1-10(2,3)11-12-9-7-5-4-6-8-9;/h4*4-8H,1-3H3;/q4*-1;+4. The summed E-state index contributed by atoms with van der Waals surface area (Å²) in [7, 11) is 0. The molecule has 0 spiro atoms. The molecule has 0 N–H and O–H groups in total. The van der Waals surface area contributed by atoms with E-state index in [2.05, 4.69) is 151 Å². The minimum Gasteiger partial charge on any atom is -0.597 e. The van der Waals surface area contributed by atoms with E-state index in [1.54, 1.807) is 47.8 Å². The summed E-state index contributed by atoms with van der Waals surface area (Å²) in [5.74, 6) is 0. The van der Waals surface area contributed by atoms with E-state index < -0.39 is 0 Å². The van der Waals surface area contributed by atoms with Crippen molar-refractivity contribution in [2.45, 2.75) is 125 Å². The molecule has 4 nitrogen and oxygen atoms in total. The van der Waals surface area contributed by atoms with Gasteiger partial charge in [-0.3, -0.25) is 47.8 Å². The van der Waals surface area contributed by atoms with Crippen molar-refractivity contribution in [3.63, 3.8) is 0 Å². The minimum atomic E-state index is 0. The maximum atomic E-state index is 4.44. The summed E-state index contributed by atoms with van der Waals surface area (Å²) in [5, 5.41) is 0. The zero-order valence-electron chi connectivity index (χ0n) is 31.5. The molecule has 4 aromatic carbocycles. The van der Waals surface area contributed by atoms with Crippen molar-refractivity contribution in [2.75, 3.05) is 0 Å². The minimum absolute atomic E-state index is 0. The van der Waals surface area contributed by atoms with Crippen LogP contribution < -0.4 is 0 Å². The van der Waals surface area contributed by atoms with Gasteiger partial charge in [0.25, 0.3) is 0 Å². The average molecular weight is 959 g/mol. The van der Waals surface area contributed by atoms with E-state index in [0.29, 0.717) is 0 Å². The number of rotatable bonds is 8. The van der Waals surface area contributed by atoms with Crippen LogP contribution in [0.3, 0.4) is 0 Å². The Balaban J connectivity index is 0.000000623. The summed E-state index contributed by atoms with van der Waals surface area (Å²) in [6.07, 6.45) is 0. The van der Waals surface area contributed by atoms with Crippen LogP contribution in [-0.4, -0.2) is 22.2 Å². The molecule has 0 aliphatic carbocycles. The van der Waals surface area contributed by atoms with Gasteiger partial charge in [0, 0.05) is 0 Å². The first-order valence-corrected chi connectivity index (χ1v) is 19.2. The largest absolute Gasteiger partial charge is 4.00 e. The van der Waals surface area contributed by atoms with Gasteiger partial charge in [-0.25, -0.2) is 0 Å². The third-order valence-electron chi connectivity index (χ3n) is 4.67. The van der Waals surface area contributed by atoms with Crippen molar-refractivity contribution < 1.29 is 31.1 Å². The molecule has 4 rings (SSSR count). The number of benzene rings is 4. The SMILES string of the molecule is CC(C)(C)[N-]Sc1ccccc1.CC(C)(C)[N-]Sc1ccccc1.CC(C)(C)[N-]Sc1ccccc1.CC(C)(C)[N-]Sc1ccccc1.[U+4]. The zero-order chi connectivity index (χ0) is 36.1.